The van der Waals surface area contributed by atoms with Crippen LogP contribution in [0.15, 0.2) is 36.5 Å². The minimum Gasteiger partial charge on any atom is -0.394 e. The molecule has 0 aromatic rings. The van der Waals surface area contributed by atoms with E-state index in [1.165, 1.54) is 141 Å². The summed E-state index contributed by atoms with van der Waals surface area (Å²) in [6, 6.07) is -0.967. The third-order valence-electron chi connectivity index (χ3n) is 15.7. The maximum Gasteiger partial charge on any atom is 0.220 e. The number of aliphatic hydroxyl groups is 11. The molecule has 0 saturated carbocycles. The summed E-state index contributed by atoms with van der Waals surface area (Å²) in [5, 5.41) is 119. The third kappa shape index (κ3) is 27.8. The number of carbonyl (C=O) groups excluding carboxylic acids is 1. The van der Waals surface area contributed by atoms with Crippen LogP contribution in [0.4, 0.5) is 0 Å². The molecular weight excluding hydrogens is 1030 g/mol. The molecule has 17 atom stereocenters. The van der Waals surface area contributed by atoms with Gasteiger partial charge in [-0.2, -0.15) is 0 Å². The molecule has 1 amide bonds. The van der Waals surface area contributed by atoms with Crippen molar-refractivity contribution >= 4 is 5.91 Å². The van der Waals surface area contributed by atoms with Crippen LogP contribution in [0, 0.1) is 0 Å². The van der Waals surface area contributed by atoms with Gasteiger partial charge in [-0.3, -0.25) is 4.79 Å². The Morgan fingerprint density at radius 3 is 1.30 bits per heavy atom. The van der Waals surface area contributed by atoms with Crippen molar-refractivity contribution in [2.45, 2.75) is 317 Å². The van der Waals surface area contributed by atoms with E-state index in [4.69, 9.17) is 28.4 Å². The number of rotatable bonds is 46. The van der Waals surface area contributed by atoms with E-state index >= 15 is 0 Å². The van der Waals surface area contributed by atoms with E-state index < -0.39 is 124 Å². The largest absolute Gasteiger partial charge is 0.394 e. The van der Waals surface area contributed by atoms with E-state index in [1.54, 1.807) is 6.08 Å². The zero-order valence-electron chi connectivity index (χ0n) is 48.8. The number of ether oxygens (including phenoxy) is 6. The number of nitrogens with one attached hydrogen (secondary N) is 1. The second-order valence-corrected chi connectivity index (χ2v) is 22.5. The Labute approximate surface area is 479 Å². The SMILES string of the molecule is CCCC/C=C/C(O)C(COC1OC(CO)C(OC2OC(CO)C(OC3OC(CO)C(O)C(O)C3O)C(O)C2O)C(O)C1O)NC(=O)CCCCCCCCCCCCCCCCCCCCC/C=C\C/C=C\CCCCCCC. The molecule has 19 heteroatoms. The maximum atomic E-state index is 13.2. The molecule has 0 spiro atoms. The highest BCUT2D eigenvalue weighted by atomic mass is 16.8. The first-order valence-electron chi connectivity index (χ1n) is 31.2. The zero-order chi connectivity index (χ0) is 58.3. The number of amides is 1. The summed E-state index contributed by atoms with van der Waals surface area (Å²) in [5.74, 6) is -0.284. The van der Waals surface area contributed by atoms with Gasteiger partial charge in [-0.15, -0.1) is 0 Å². The van der Waals surface area contributed by atoms with E-state index in [0.29, 0.717) is 12.8 Å². The molecule has 3 fully saturated rings. The second kappa shape index (κ2) is 44.5. The summed E-state index contributed by atoms with van der Waals surface area (Å²) in [6.07, 6.45) is 22.6. The standard InChI is InChI=1S/C61H111NO18/c1-3-5-7-9-10-11-12-13-14-15-16-17-18-19-20-21-22-23-24-25-26-27-28-29-30-31-32-33-34-35-37-39-49(67)62-44(45(66)38-36-8-6-4-2)43-75-59-55(73)52(70)57(47(41-64)77-59)80-61-56(74)53(71)58(48(42-65)78-61)79-60-54(72)51(69)50(68)46(40-63)76-60/h12-13,15-16,36,38,44-48,50-61,63-66,68-74H,3-11,14,17-35,37,39-43H2,1-2H3,(H,62,67)/b13-12-,16-15-,38-36+. The molecule has 3 rings (SSSR count). The fourth-order valence-electron chi connectivity index (χ4n) is 10.5. The fraction of sp³-hybridized carbons (Fsp3) is 0.885. The molecule has 3 aliphatic rings. The van der Waals surface area contributed by atoms with Crippen molar-refractivity contribution in [1.29, 1.82) is 0 Å². The normalized spacial score (nSPS) is 30.2. The molecule has 12 N–H and O–H groups in total. The van der Waals surface area contributed by atoms with Crippen LogP contribution in [-0.2, 0) is 33.2 Å². The zero-order valence-corrected chi connectivity index (χ0v) is 48.8. The van der Waals surface area contributed by atoms with Crippen LogP contribution in [0.3, 0.4) is 0 Å². The van der Waals surface area contributed by atoms with Gasteiger partial charge in [0.25, 0.3) is 0 Å². The highest BCUT2D eigenvalue weighted by Gasteiger charge is 2.53. The van der Waals surface area contributed by atoms with Gasteiger partial charge in [-0.1, -0.05) is 198 Å². The average molecular weight is 1150 g/mol. The summed E-state index contributed by atoms with van der Waals surface area (Å²) in [6.45, 7) is 1.54. The molecule has 3 heterocycles. The predicted octanol–water partition coefficient (Wildman–Crippen LogP) is 6.10. The van der Waals surface area contributed by atoms with Crippen LogP contribution in [0.5, 0.6) is 0 Å². The van der Waals surface area contributed by atoms with Crippen LogP contribution in [0.1, 0.15) is 213 Å². The molecule has 3 aliphatic heterocycles. The van der Waals surface area contributed by atoms with Crippen molar-refractivity contribution in [3.8, 4) is 0 Å². The Balaban J connectivity index is 1.28. The molecule has 3 saturated heterocycles. The van der Waals surface area contributed by atoms with Crippen LogP contribution in [0.25, 0.3) is 0 Å². The Bertz CT molecular complexity index is 1600. The lowest BCUT2D eigenvalue weighted by molar-refractivity contribution is -0.379. The molecule has 80 heavy (non-hydrogen) atoms. The number of aliphatic hydroxyl groups excluding tert-OH is 11. The van der Waals surface area contributed by atoms with Crippen LogP contribution < -0.4 is 5.32 Å². The van der Waals surface area contributed by atoms with Gasteiger partial charge in [0.05, 0.1) is 38.6 Å². The molecule has 0 aliphatic carbocycles. The van der Waals surface area contributed by atoms with Crippen molar-refractivity contribution in [3.63, 3.8) is 0 Å². The summed E-state index contributed by atoms with van der Waals surface area (Å²) >= 11 is 0. The Morgan fingerprint density at radius 1 is 0.450 bits per heavy atom. The predicted molar refractivity (Wildman–Crippen MR) is 305 cm³/mol. The number of unbranched alkanes of at least 4 members (excludes halogenated alkanes) is 26. The maximum absolute atomic E-state index is 13.2. The van der Waals surface area contributed by atoms with Crippen LogP contribution in [0.2, 0.25) is 0 Å². The number of carbonyl (C=O) groups is 1. The number of allylic oxidation sites excluding steroid dienone is 5. The van der Waals surface area contributed by atoms with Crippen molar-refractivity contribution in [3.05, 3.63) is 36.5 Å². The van der Waals surface area contributed by atoms with E-state index in [9.17, 15) is 61.0 Å². The van der Waals surface area contributed by atoms with Crippen molar-refractivity contribution < 1.29 is 89.4 Å². The molecule has 17 unspecified atom stereocenters. The molecule has 0 aromatic heterocycles. The number of hydrogen-bond acceptors (Lipinski definition) is 18. The van der Waals surface area contributed by atoms with Crippen molar-refractivity contribution in [2.24, 2.45) is 0 Å². The number of hydrogen-bond donors (Lipinski definition) is 12. The smallest absolute Gasteiger partial charge is 0.220 e. The summed E-state index contributed by atoms with van der Waals surface area (Å²) < 4.78 is 34.0. The summed E-state index contributed by atoms with van der Waals surface area (Å²) in [7, 11) is 0. The summed E-state index contributed by atoms with van der Waals surface area (Å²) in [5.41, 5.74) is 0. The molecule has 0 bridgehead atoms. The lowest BCUT2D eigenvalue weighted by atomic mass is 9.96. The van der Waals surface area contributed by atoms with E-state index in [-0.39, 0.29) is 18.9 Å². The Kier molecular flexibility index (Phi) is 40.2. The fourth-order valence-corrected chi connectivity index (χ4v) is 10.5. The van der Waals surface area contributed by atoms with Gasteiger partial charge in [-0.05, 0) is 44.9 Å². The van der Waals surface area contributed by atoms with E-state index in [0.717, 1.165) is 38.5 Å². The highest BCUT2D eigenvalue weighted by Crippen LogP contribution is 2.33. The molecule has 0 aromatic carbocycles. The second-order valence-electron chi connectivity index (χ2n) is 22.5. The Hall–Kier alpha value is -1.99. The topological polar surface area (TPSA) is 307 Å². The highest BCUT2D eigenvalue weighted by molar-refractivity contribution is 5.76. The first-order chi connectivity index (χ1) is 38.8. The van der Waals surface area contributed by atoms with Gasteiger partial charge < -0.3 is 89.9 Å². The molecule has 468 valence electrons. The van der Waals surface area contributed by atoms with Crippen molar-refractivity contribution in [1.82, 2.24) is 5.32 Å². The first kappa shape index (κ1) is 72.3. The molecule has 19 nitrogen and oxygen atoms in total. The first-order valence-corrected chi connectivity index (χ1v) is 31.2. The lowest BCUT2D eigenvalue weighted by Gasteiger charge is -2.48. The Morgan fingerprint density at radius 2 is 0.838 bits per heavy atom. The van der Waals surface area contributed by atoms with Crippen molar-refractivity contribution in [2.75, 3.05) is 26.4 Å². The quantitative estimate of drug-likeness (QED) is 0.0242. The van der Waals surface area contributed by atoms with Crippen LogP contribution in [-0.4, -0.2) is 193 Å². The van der Waals surface area contributed by atoms with Gasteiger partial charge in [0.1, 0.15) is 73.2 Å². The van der Waals surface area contributed by atoms with Gasteiger partial charge in [0.15, 0.2) is 18.9 Å². The van der Waals surface area contributed by atoms with Crippen LogP contribution >= 0.6 is 0 Å². The van der Waals surface area contributed by atoms with Gasteiger partial charge in [-0.25, -0.2) is 0 Å². The summed E-state index contributed by atoms with van der Waals surface area (Å²) in [4.78, 5) is 13.2. The molecule has 0 radical (unpaired) electrons. The monoisotopic (exact) mass is 1150 g/mol. The third-order valence-corrected chi connectivity index (χ3v) is 15.7. The minimum absolute atomic E-state index is 0.243. The van der Waals surface area contributed by atoms with Gasteiger partial charge in [0, 0.05) is 6.42 Å². The van der Waals surface area contributed by atoms with Gasteiger partial charge >= 0.3 is 0 Å². The van der Waals surface area contributed by atoms with E-state index in [1.807, 2.05) is 13.0 Å². The minimum atomic E-state index is -1.97. The molecular formula is C61H111NO18. The van der Waals surface area contributed by atoms with E-state index in [2.05, 4.69) is 36.5 Å². The van der Waals surface area contributed by atoms with Gasteiger partial charge in [0.2, 0.25) is 5.91 Å². The average Bonchev–Trinajstić information content (AvgIpc) is 3.55. The lowest BCUT2D eigenvalue weighted by Crippen LogP contribution is -2.66.